The average Bonchev–Trinajstić information content (AvgIpc) is 2.32. The van der Waals surface area contributed by atoms with Crippen molar-refractivity contribution in [3.05, 3.63) is 24.0 Å². The van der Waals surface area contributed by atoms with Crippen molar-refractivity contribution in [3.63, 3.8) is 0 Å². The highest BCUT2D eigenvalue weighted by Crippen LogP contribution is 2.26. The van der Waals surface area contributed by atoms with E-state index in [1.165, 1.54) is 6.07 Å². The molecule has 100 valence electrons. The van der Waals surface area contributed by atoms with E-state index in [0.717, 1.165) is 31.9 Å². The van der Waals surface area contributed by atoms with Gasteiger partial charge in [-0.25, -0.2) is 4.39 Å². The van der Waals surface area contributed by atoms with Crippen LogP contribution in [0.2, 0.25) is 0 Å². The number of piperazine rings is 1. The summed E-state index contributed by atoms with van der Waals surface area (Å²) in [6.45, 7) is 7.84. The van der Waals surface area contributed by atoms with Crippen LogP contribution >= 0.6 is 0 Å². The van der Waals surface area contributed by atoms with Gasteiger partial charge >= 0.3 is 0 Å². The number of nitrogens with zero attached hydrogens (tertiary/aromatic N) is 2. The van der Waals surface area contributed by atoms with E-state index < -0.39 is 0 Å². The summed E-state index contributed by atoms with van der Waals surface area (Å²) in [4.78, 5) is 4.57. The topological polar surface area (TPSA) is 15.7 Å². The lowest BCUT2D eigenvalue weighted by molar-refractivity contribution is 0.231. The Balaban J connectivity index is 2.13. The zero-order valence-corrected chi connectivity index (χ0v) is 11.3. The van der Waals surface area contributed by atoms with Crippen molar-refractivity contribution in [1.29, 1.82) is 0 Å². The molecule has 0 aromatic heterocycles. The smallest absolute Gasteiger partial charge is 0.165 e. The summed E-state index contributed by atoms with van der Waals surface area (Å²) < 4.78 is 19.1. The SMILES string of the molecule is CC(C)Oc1cc(N2CCN(C)CC2)ccc1F. The Labute approximate surface area is 108 Å². The van der Waals surface area contributed by atoms with Crippen molar-refractivity contribution in [2.75, 3.05) is 38.1 Å². The second kappa shape index (κ2) is 5.57. The van der Waals surface area contributed by atoms with Crippen LogP contribution in [0.5, 0.6) is 5.75 Å². The number of ether oxygens (including phenoxy) is 1. The molecule has 1 aromatic rings. The minimum absolute atomic E-state index is 0.0118. The van der Waals surface area contributed by atoms with Crippen LogP contribution in [-0.2, 0) is 0 Å². The number of rotatable bonds is 3. The van der Waals surface area contributed by atoms with Crippen LogP contribution in [0.15, 0.2) is 18.2 Å². The van der Waals surface area contributed by atoms with E-state index in [1.807, 2.05) is 19.9 Å². The highest BCUT2D eigenvalue weighted by Gasteiger charge is 2.16. The molecule has 3 nitrogen and oxygen atoms in total. The number of anilines is 1. The quantitative estimate of drug-likeness (QED) is 0.821. The summed E-state index contributed by atoms with van der Waals surface area (Å²) in [7, 11) is 2.12. The number of likely N-dealkylation sites (N-methyl/N-ethyl adjacent to an activating group) is 1. The Morgan fingerprint density at radius 3 is 2.44 bits per heavy atom. The molecule has 1 saturated heterocycles. The van der Waals surface area contributed by atoms with Crippen molar-refractivity contribution in [1.82, 2.24) is 4.90 Å². The second-order valence-electron chi connectivity index (χ2n) is 5.07. The molecule has 0 aliphatic carbocycles. The van der Waals surface area contributed by atoms with Gasteiger partial charge in [0.25, 0.3) is 0 Å². The standard InChI is InChI=1S/C14H21FN2O/c1-11(2)18-14-10-12(4-5-13(14)15)17-8-6-16(3)7-9-17/h4-5,10-11H,6-9H2,1-3H3. The predicted molar refractivity (Wildman–Crippen MR) is 71.9 cm³/mol. The van der Waals surface area contributed by atoms with Crippen molar-refractivity contribution < 1.29 is 9.13 Å². The zero-order chi connectivity index (χ0) is 13.1. The van der Waals surface area contributed by atoms with E-state index in [2.05, 4.69) is 16.8 Å². The molecule has 1 aliphatic rings. The number of hydrogen-bond acceptors (Lipinski definition) is 3. The summed E-state index contributed by atoms with van der Waals surface area (Å²) in [6.07, 6.45) is -0.0118. The van der Waals surface area contributed by atoms with Crippen molar-refractivity contribution >= 4 is 5.69 Å². The highest BCUT2D eigenvalue weighted by molar-refractivity contribution is 5.51. The molecule has 0 atom stereocenters. The van der Waals surface area contributed by atoms with Crippen LogP contribution in [0.4, 0.5) is 10.1 Å². The summed E-state index contributed by atoms with van der Waals surface area (Å²) in [6, 6.07) is 5.12. The molecule has 0 radical (unpaired) electrons. The number of benzene rings is 1. The highest BCUT2D eigenvalue weighted by atomic mass is 19.1. The van der Waals surface area contributed by atoms with E-state index in [9.17, 15) is 4.39 Å². The van der Waals surface area contributed by atoms with Gasteiger partial charge in [0, 0.05) is 37.9 Å². The Morgan fingerprint density at radius 2 is 1.83 bits per heavy atom. The van der Waals surface area contributed by atoms with E-state index >= 15 is 0 Å². The van der Waals surface area contributed by atoms with E-state index in [-0.39, 0.29) is 11.9 Å². The summed E-state index contributed by atoms with van der Waals surface area (Å²) >= 11 is 0. The summed E-state index contributed by atoms with van der Waals surface area (Å²) in [5.41, 5.74) is 1.04. The molecule has 0 unspecified atom stereocenters. The van der Waals surface area contributed by atoms with Crippen LogP contribution in [0.25, 0.3) is 0 Å². The van der Waals surface area contributed by atoms with Gasteiger partial charge in [-0.3, -0.25) is 0 Å². The fourth-order valence-corrected chi connectivity index (χ4v) is 2.10. The molecule has 0 N–H and O–H groups in total. The molecule has 4 heteroatoms. The third-order valence-corrected chi connectivity index (χ3v) is 3.15. The first kappa shape index (κ1) is 13.1. The minimum Gasteiger partial charge on any atom is -0.488 e. The molecule has 0 spiro atoms. The maximum atomic E-state index is 13.6. The van der Waals surface area contributed by atoms with Crippen LogP contribution in [0.1, 0.15) is 13.8 Å². The van der Waals surface area contributed by atoms with Crippen LogP contribution in [0, 0.1) is 5.82 Å². The van der Waals surface area contributed by atoms with E-state index in [4.69, 9.17) is 4.74 Å². The number of halogens is 1. The fourth-order valence-electron chi connectivity index (χ4n) is 2.10. The van der Waals surface area contributed by atoms with Crippen LogP contribution in [-0.4, -0.2) is 44.2 Å². The molecular weight excluding hydrogens is 231 g/mol. The molecule has 0 bridgehead atoms. The Kier molecular flexibility index (Phi) is 4.07. The first-order chi connectivity index (χ1) is 8.56. The molecule has 2 rings (SSSR count). The lowest BCUT2D eigenvalue weighted by Gasteiger charge is -2.34. The largest absolute Gasteiger partial charge is 0.488 e. The van der Waals surface area contributed by atoms with Gasteiger partial charge in [0.1, 0.15) is 0 Å². The third kappa shape index (κ3) is 3.13. The molecule has 0 saturated carbocycles. The van der Waals surface area contributed by atoms with Gasteiger partial charge in [-0.15, -0.1) is 0 Å². The minimum atomic E-state index is -0.290. The van der Waals surface area contributed by atoms with Crippen LogP contribution < -0.4 is 9.64 Å². The van der Waals surface area contributed by atoms with Gasteiger partial charge in [0.15, 0.2) is 11.6 Å². The monoisotopic (exact) mass is 252 g/mol. The Hall–Kier alpha value is -1.29. The van der Waals surface area contributed by atoms with E-state index in [1.54, 1.807) is 6.07 Å². The average molecular weight is 252 g/mol. The summed E-state index contributed by atoms with van der Waals surface area (Å²) in [5.74, 6) is 0.0583. The first-order valence-corrected chi connectivity index (χ1v) is 6.46. The second-order valence-corrected chi connectivity index (χ2v) is 5.07. The lowest BCUT2D eigenvalue weighted by Crippen LogP contribution is -2.44. The maximum absolute atomic E-state index is 13.6. The zero-order valence-electron chi connectivity index (χ0n) is 11.3. The van der Waals surface area contributed by atoms with Gasteiger partial charge in [0.2, 0.25) is 0 Å². The third-order valence-electron chi connectivity index (χ3n) is 3.15. The van der Waals surface area contributed by atoms with Crippen molar-refractivity contribution in [2.24, 2.45) is 0 Å². The van der Waals surface area contributed by atoms with Crippen LogP contribution in [0.3, 0.4) is 0 Å². The molecule has 1 aliphatic heterocycles. The molecule has 1 heterocycles. The van der Waals surface area contributed by atoms with Gasteiger partial charge in [-0.1, -0.05) is 0 Å². The fraction of sp³-hybridized carbons (Fsp3) is 0.571. The van der Waals surface area contributed by atoms with E-state index in [0.29, 0.717) is 5.75 Å². The number of hydrogen-bond donors (Lipinski definition) is 0. The molecular formula is C14H21FN2O. The maximum Gasteiger partial charge on any atom is 0.165 e. The Bertz CT molecular complexity index is 401. The molecule has 1 aromatic carbocycles. The van der Waals surface area contributed by atoms with Gasteiger partial charge < -0.3 is 14.5 Å². The molecule has 0 amide bonds. The molecule has 18 heavy (non-hydrogen) atoms. The first-order valence-electron chi connectivity index (χ1n) is 6.46. The van der Waals surface area contributed by atoms with Gasteiger partial charge in [0.05, 0.1) is 6.10 Å². The van der Waals surface area contributed by atoms with Crippen molar-refractivity contribution in [2.45, 2.75) is 20.0 Å². The summed E-state index contributed by atoms with van der Waals surface area (Å²) in [5, 5.41) is 0. The van der Waals surface area contributed by atoms with Gasteiger partial charge in [-0.2, -0.15) is 0 Å². The lowest BCUT2D eigenvalue weighted by atomic mass is 10.2. The van der Waals surface area contributed by atoms with Crippen molar-refractivity contribution in [3.8, 4) is 5.75 Å². The normalized spacial score (nSPS) is 17.3. The molecule has 1 fully saturated rings. The van der Waals surface area contributed by atoms with Gasteiger partial charge in [-0.05, 0) is 33.0 Å². The predicted octanol–water partition coefficient (Wildman–Crippen LogP) is 2.36. The Morgan fingerprint density at radius 1 is 1.17 bits per heavy atom.